The zero-order chi connectivity index (χ0) is 22.9. The summed E-state index contributed by atoms with van der Waals surface area (Å²) in [6.45, 7) is 12.4. The molecule has 0 spiro atoms. The van der Waals surface area contributed by atoms with Gasteiger partial charge in [0.15, 0.2) is 0 Å². The van der Waals surface area contributed by atoms with Crippen molar-refractivity contribution in [2.45, 2.75) is 103 Å². The van der Waals surface area contributed by atoms with Gasteiger partial charge in [-0.15, -0.1) is 0 Å². The van der Waals surface area contributed by atoms with Crippen LogP contribution in [0.1, 0.15) is 131 Å². The molecule has 2 unspecified atom stereocenters. The summed E-state index contributed by atoms with van der Waals surface area (Å²) in [7, 11) is 0. The van der Waals surface area contributed by atoms with E-state index in [1.807, 2.05) is 33.0 Å². The largest absolute Gasteiger partial charge is 0.433 e. The van der Waals surface area contributed by atoms with Gasteiger partial charge in [-0.05, 0) is 78.2 Å². The van der Waals surface area contributed by atoms with Crippen molar-refractivity contribution >= 4 is 0 Å². The summed E-state index contributed by atoms with van der Waals surface area (Å²) in [5.41, 5.74) is 4.29. The van der Waals surface area contributed by atoms with E-state index in [1.165, 1.54) is 35.7 Å². The number of hydrogen-bond acceptors (Lipinski definition) is 2. The summed E-state index contributed by atoms with van der Waals surface area (Å²) in [5.74, 6) is 1.38. The molecule has 3 rings (SSSR count). The fraction of sp³-hybridized carbons (Fsp3) is 0.615. The van der Waals surface area contributed by atoms with Gasteiger partial charge in [0.2, 0.25) is 0 Å². The second-order valence-electron chi connectivity index (χ2n) is 9.91. The Kier molecular flexibility index (Phi) is 7.12. The Morgan fingerprint density at radius 2 is 1.48 bits per heavy atom. The average Bonchev–Trinajstić information content (AvgIpc) is 3.55. The van der Waals surface area contributed by atoms with E-state index in [2.05, 4.69) is 31.8 Å². The van der Waals surface area contributed by atoms with Crippen LogP contribution in [0.3, 0.4) is 0 Å². The quantitative estimate of drug-likeness (QED) is 0.419. The topological polar surface area (TPSA) is 25.8 Å². The van der Waals surface area contributed by atoms with Gasteiger partial charge >= 0.3 is 6.18 Å². The Hall–Kier alpha value is -1.91. The highest BCUT2D eigenvalue weighted by molar-refractivity contribution is 5.34. The minimum absolute atomic E-state index is 0.0346. The third kappa shape index (κ3) is 5.87. The molecule has 2 aromatic heterocycles. The van der Waals surface area contributed by atoms with Gasteiger partial charge in [0.05, 0.1) is 0 Å². The maximum Gasteiger partial charge on any atom is 0.433 e. The normalized spacial score (nSPS) is 16.7. The molecule has 31 heavy (non-hydrogen) atoms. The van der Waals surface area contributed by atoms with E-state index in [-0.39, 0.29) is 11.8 Å². The first-order valence-electron chi connectivity index (χ1n) is 11.6. The standard InChI is InChI=1S/C26H35F3N2/c1-15(2)22-11-21(14-30-25(22)19-9-10-19)18(6)8-7-17(5)20-12-23(16(3)4)31-24(13-20)26(27,28)29/h11-19H,7-10H2,1-6H3. The predicted octanol–water partition coefficient (Wildman–Crippen LogP) is 8.31. The van der Waals surface area contributed by atoms with Gasteiger partial charge in [0, 0.05) is 23.5 Å². The molecule has 0 bridgehead atoms. The molecule has 0 N–H and O–H groups in total. The second-order valence-corrected chi connectivity index (χ2v) is 9.91. The van der Waals surface area contributed by atoms with Crippen molar-refractivity contribution in [2.75, 3.05) is 0 Å². The second kappa shape index (κ2) is 9.30. The van der Waals surface area contributed by atoms with Gasteiger partial charge in [-0.2, -0.15) is 13.2 Å². The monoisotopic (exact) mass is 432 g/mol. The van der Waals surface area contributed by atoms with Crippen LogP contribution in [0.25, 0.3) is 0 Å². The van der Waals surface area contributed by atoms with Crippen LogP contribution in [0.2, 0.25) is 0 Å². The molecule has 1 fully saturated rings. The van der Waals surface area contributed by atoms with Crippen LogP contribution in [0.15, 0.2) is 24.4 Å². The lowest BCUT2D eigenvalue weighted by atomic mass is 9.87. The summed E-state index contributed by atoms with van der Waals surface area (Å²) in [6, 6.07) is 5.38. The fourth-order valence-corrected chi connectivity index (χ4v) is 4.07. The van der Waals surface area contributed by atoms with Crippen LogP contribution in [0, 0.1) is 0 Å². The van der Waals surface area contributed by atoms with Gasteiger partial charge in [-0.3, -0.25) is 4.98 Å². The molecular weight excluding hydrogens is 397 g/mol. The molecule has 2 nitrogen and oxygen atoms in total. The number of hydrogen-bond donors (Lipinski definition) is 0. The lowest BCUT2D eigenvalue weighted by molar-refractivity contribution is -0.141. The van der Waals surface area contributed by atoms with Crippen molar-refractivity contribution in [1.82, 2.24) is 9.97 Å². The van der Waals surface area contributed by atoms with Crippen molar-refractivity contribution in [3.05, 3.63) is 58.2 Å². The highest BCUT2D eigenvalue weighted by Gasteiger charge is 2.34. The third-order valence-corrected chi connectivity index (χ3v) is 6.48. The molecule has 0 radical (unpaired) electrons. The number of pyridine rings is 2. The highest BCUT2D eigenvalue weighted by atomic mass is 19.4. The molecule has 2 atom stereocenters. The molecule has 5 heteroatoms. The van der Waals surface area contributed by atoms with Crippen molar-refractivity contribution in [3.63, 3.8) is 0 Å². The number of aromatic nitrogens is 2. The van der Waals surface area contributed by atoms with E-state index >= 15 is 0 Å². The Bertz CT molecular complexity index is 898. The molecule has 1 aliphatic carbocycles. The first kappa shape index (κ1) is 23.7. The van der Waals surface area contributed by atoms with Crippen LogP contribution in [-0.2, 0) is 6.18 Å². The van der Waals surface area contributed by atoms with Crippen molar-refractivity contribution < 1.29 is 13.2 Å². The van der Waals surface area contributed by atoms with Gasteiger partial charge in [0.1, 0.15) is 5.69 Å². The first-order chi connectivity index (χ1) is 14.5. The SMILES string of the molecule is CC(C)c1cc(C(C)CCC(C)c2cnc(C3CC3)c(C(C)C)c2)cc(C(F)(F)F)n1. The molecule has 170 valence electrons. The highest BCUT2D eigenvalue weighted by Crippen LogP contribution is 2.43. The number of nitrogens with zero attached hydrogens (tertiary/aromatic N) is 2. The van der Waals surface area contributed by atoms with E-state index < -0.39 is 11.9 Å². The zero-order valence-corrected chi connectivity index (χ0v) is 19.6. The van der Waals surface area contributed by atoms with Gasteiger partial charge in [-0.25, -0.2) is 4.98 Å². The molecule has 0 aromatic carbocycles. The summed E-state index contributed by atoms with van der Waals surface area (Å²) >= 11 is 0. The molecule has 1 saturated carbocycles. The molecular formula is C26H35F3N2. The number of rotatable bonds is 8. The minimum atomic E-state index is -4.42. The Morgan fingerprint density at radius 3 is 2.00 bits per heavy atom. The van der Waals surface area contributed by atoms with Gasteiger partial charge in [-0.1, -0.05) is 47.6 Å². The van der Waals surface area contributed by atoms with Crippen LogP contribution < -0.4 is 0 Å². The summed E-state index contributed by atoms with van der Waals surface area (Å²) in [5, 5.41) is 0. The maximum atomic E-state index is 13.3. The van der Waals surface area contributed by atoms with Crippen LogP contribution in [-0.4, -0.2) is 9.97 Å². The molecule has 2 aromatic rings. The van der Waals surface area contributed by atoms with E-state index in [1.54, 1.807) is 0 Å². The third-order valence-electron chi connectivity index (χ3n) is 6.48. The predicted molar refractivity (Wildman–Crippen MR) is 120 cm³/mol. The Labute approximate surface area is 184 Å². The van der Waals surface area contributed by atoms with Gasteiger partial charge in [0.25, 0.3) is 0 Å². The average molecular weight is 433 g/mol. The van der Waals surface area contributed by atoms with E-state index in [0.29, 0.717) is 23.4 Å². The molecule has 2 heterocycles. The first-order valence-corrected chi connectivity index (χ1v) is 11.6. The van der Waals surface area contributed by atoms with Crippen LogP contribution >= 0.6 is 0 Å². The van der Waals surface area contributed by atoms with Crippen molar-refractivity contribution in [2.24, 2.45) is 0 Å². The zero-order valence-electron chi connectivity index (χ0n) is 19.6. The number of alkyl halides is 3. The molecule has 0 saturated heterocycles. The molecule has 0 amide bonds. The van der Waals surface area contributed by atoms with E-state index in [4.69, 9.17) is 4.98 Å². The Balaban J connectivity index is 1.74. The van der Waals surface area contributed by atoms with Crippen molar-refractivity contribution in [1.29, 1.82) is 0 Å². The fourth-order valence-electron chi connectivity index (χ4n) is 4.07. The van der Waals surface area contributed by atoms with E-state index in [0.717, 1.165) is 18.4 Å². The summed E-state index contributed by atoms with van der Waals surface area (Å²) in [4.78, 5) is 8.65. The maximum absolute atomic E-state index is 13.3. The lowest BCUT2D eigenvalue weighted by Crippen LogP contribution is -2.12. The van der Waals surface area contributed by atoms with E-state index in [9.17, 15) is 13.2 Å². The van der Waals surface area contributed by atoms with Crippen LogP contribution in [0.5, 0.6) is 0 Å². The number of halogens is 3. The summed E-state index contributed by atoms with van der Waals surface area (Å²) < 4.78 is 40.0. The smallest absolute Gasteiger partial charge is 0.260 e. The lowest BCUT2D eigenvalue weighted by Gasteiger charge is -2.20. The summed E-state index contributed by atoms with van der Waals surface area (Å²) in [6.07, 6.45) is 1.80. The van der Waals surface area contributed by atoms with Gasteiger partial charge < -0.3 is 0 Å². The van der Waals surface area contributed by atoms with Crippen molar-refractivity contribution in [3.8, 4) is 0 Å². The van der Waals surface area contributed by atoms with Crippen LogP contribution in [0.4, 0.5) is 13.2 Å². The molecule has 0 aliphatic heterocycles. The Morgan fingerprint density at radius 1 is 0.871 bits per heavy atom. The molecule has 1 aliphatic rings. The minimum Gasteiger partial charge on any atom is -0.260 e.